The van der Waals surface area contributed by atoms with Gasteiger partial charge in [-0.2, -0.15) is 0 Å². The van der Waals surface area contributed by atoms with Gasteiger partial charge in [0, 0.05) is 20.1 Å². The molecule has 0 aromatic heterocycles. The SMILES string of the molecule is COC(=O)C1CCN(C(=O)N(C)C2COCC2C(=O)O)C1. The maximum absolute atomic E-state index is 12.4. The number of hydrogen-bond donors (Lipinski definition) is 1. The highest BCUT2D eigenvalue weighted by molar-refractivity contribution is 5.79. The number of carbonyl (C=O) groups is 3. The van der Waals surface area contributed by atoms with E-state index >= 15 is 0 Å². The van der Waals surface area contributed by atoms with E-state index < -0.39 is 17.9 Å². The predicted molar refractivity (Wildman–Crippen MR) is 70.6 cm³/mol. The monoisotopic (exact) mass is 300 g/mol. The van der Waals surface area contributed by atoms with Gasteiger partial charge in [0.15, 0.2) is 0 Å². The van der Waals surface area contributed by atoms with Crippen LogP contribution in [0.4, 0.5) is 4.79 Å². The third-order valence-corrected chi connectivity index (χ3v) is 4.16. The van der Waals surface area contributed by atoms with E-state index in [-0.39, 0.29) is 31.1 Å². The number of aliphatic carboxylic acids is 1. The highest BCUT2D eigenvalue weighted by Crippen LogP contribution is 2.23. The quantitative estimate of drug-likeness (QED) is 0.715. The molecule has 2 heterocycles. The number of carboxylic acid groups (broad SMARTS) is 1. The fourth-order valence-corrected chi connectivity index (χ4v) is 2.82. The van der Waals surface area contributed by atoms with Crippen LogP contribution in [0, 0.1) is 11.8 Å². The van der Waals surface area contributed by atoms with E-state index in [4.69, 9.17) is 9.84 Å². The molecule has 0 spiro atoms. The number of nitrogens with zero attached hydrogens (tertiary/aromatic N) is 2. The summed E-state index contributed by atoms with van der Waals surface area (Å²) in [5, 5.41) is 9.13. The minimum atomic E-state index is -0.967. The normalized spacial score (nSPS) is 28.5. The van der Waals surface area contributed by atoms with E-state index in [0.717, 1.165) is 0 Å². The van der Waals surface area contributed by atoms with Crippen LogP contribution in [0.25, 0.3) is 0 Å². The van der Waals surface area contributed by atoms with E-state index in [0.29, 0.717) is 19.5 Å². The van der Waals surface area contributed by atoms with Gasteiger partial charge >= 0.3 is 18.0 Å². The van der Waals surface area contributed by atoms with Gasteiger partial charge in [0.25, 0.3) is 0 Å². The first-order valence-electron chi connectivity index (χ1n) is 6.85. The van der Waals surface area contributed by atoms with Crippen molar-refractivity contribution in [2.24, 2.45) is 11.8 Å². The summed E-state index contributed by atoms with van der Waals surface area (Å²) in [6.45, 7) is 1.10. The molecule has 3 atom stereocenters. The van der Waals surface area contributed by atoms with E-state index in [1.54, 1.807) is 11.9 Å². The number of likely N-dealkylation sites (tertiary alicyclic amines) is 1. The number of urea groups is 1. The molecule has 3 unspecified atom stereocenters. The lowest BCUT2D eigenvalue weighted by atomic mass is 10.0. The van der Waals surface area contributed by atoms with Gasteiger partial charge in [0.2, 0.25) is 0 Å². The summed E-state index contributed by atoms with van der Waals surface area (Å²) in [7, 11) is 2.90. The molecule has 0 radical (unpaired) electrons. The molecular formula is C13H20N2O6. The lowest BCUT2D eigenvalue weighted by Gasteiger charge is -2.30. The summed E-state index contributed by atoms with van der Waals surface area (Å²) in [6.07, 6.45) is 0.565. The number of ether oxygens (including phenoxy) is 2. The van der Waals surface area contributed by atoms with Crippen molar-refractivity contribution in [3.63, 3.8) is 0 Å². The van der Waals surface area contributed by atoms with Crippen LogP contribution in [-0.2, 0) is 19.1 Å². The molecule has 0 saturated carbocycles. The number of esters is 1. The second-order valence-electron chi connectivity index (χ2n) is 5.40. The fourth-order valence-electron chi connectivity index (χ4n) is 2.82. The number of amides is 2. The van der Waals surface area contributed by atoms with Crippen LogP contribution in [0.1, 0.15) is 6.42 Å². The molecule has 1 N–H and O–H groups in total. The first-order valence-corrected chi connectivity index (χ1v) is 6.85. The van der Waals surface area contributed by atoms with Crippen molar-refractivity contribution in [2.45, 2.75) is 12.5 Å². The number of hydrogen-bond acceptors (Lipinski definition) is 5. The summed E-state index contributed by atoms with van der Waals surface area (Å²) >= 11 is 0. The van der Waals surface area contributed by atoms with Crippen molar-refractivity contribution in [2.75, 3.05) is 40.5 Å². The zero-order chi connectivity index (χ0) is 15.6. The van der Waals surface area contributed by atoms with E-state index in [9.17, 15) is 14.4 Å². The first kappa shape index (κ1) is 15.6. The predicted octanol–water partition coefficient (Wildman–Crippen LogP) is -0.367. The van der Waals surface area contributed by atoms with Crippen LogP contribution in [0.3, 0.4) is 0 Å². The van der Waals surface area contributed by atoms with Crippen LogP contribution in [0.5, 0.6) is 0 Å². The Morgan fingerprint density at radius 2 is 2.05 bits per heavy atom. The van der Waals surface area contributed by atoms with Gasteiger partial charge in [-0.25, -0.2) is 4.79 Å². The maximum Gasteiger partial charge on any atom is 0.320 e. The molecule has 2 fully saturated rings. The molecule has 8 nitrogen and oxygen atoms in total. The number of carboxylic acids is 1. The second-order valence-corrected chi connectivity index (χ2v) is 5.40. The summed E-state index contributed by atoms with van der Waals surface area (Å²) in [5.41, 5.74) is 0. The van der Waals surface area contributed by atoms with Crippen molar-refractivity contribution >= 4 is 18.0 Å². The first-order chi connectivity index (χ1) is 9.95. The average Bonchev–Trinajstić information content (AvgIpc) is 3.13. The van der Waals surface area contributed by atoms with Crippen molar-refractivity contribution in [1.29, 1.82) is 0 Å². The Bertz CT molecular complexity index is 440. The Morgan fingerprint density at radius 1 is 1.33 bits per heavy atom. The molecule has 118 valence electrons. The third-order valence-electron chi connectivity index (χ3n) is 4.16. The lowest BCUT2D eigenvalue weighted by Crippen LogP contribution is -2.49. The number of likely N-dealkylation sites (N-methyl/N-ethyl adjacent to an activating group) is 1. The highest BCUT2D eigenvalue weighted by Gasteiger charge is 2.41. The van der Waals surface area contributed by atoms with Crippen LogP contribution >= 0.6 is 0 Å². The molecule has 8 heteroatoms. The molecule has 21 heavy (non-hydrogen) atoms. The van der Waals surface area contributed by atoms with Gasteiger partial charge in [-0.05, 0) is 6.42 Å². The molecule has 2 amide bonds. The number of rotatable bonds is 3. The van der Waals surface area contributed by atoms with Gasteiger partial charge in [0.05, 0.1) is 32.3 Å². The molecule has 0 aromatic carbocycles. The van der Waals surface area contributed by atoms with Crippen LogP contribution < -0.4 is 0 Å². The number of methoxy groups -OCH3 is 1. The van der Waals surface area contributed by atoms with Crippen LogP contribution in [-0.4, -0.2) is 79.4 Å². The Kier molecular flexibility index (Phi) is 4.66. The van der Waals surface area contributed by atoms with Gasteiger partial charge < -0.3 is 24.4 Å². The largest absolute Gasteiger partial charge is 0.481 e. The molecule has 2 saturated heterocycles. The van der Waals surface area contributed by atoms with Crippen molar-refractivity contribution < 1.29 is 29.0 Å². The summed E-state index contributed by atoms with van der Waals surface area (Å²) in [4.78, 5) is 38.0. The van der Waals surface area contributed by atoms with Gasteiger partial charge in [-0.15, -0.1) is 0 Å². The van der Waals surface area contributed by atoms with Crippen molar-refractivity contribution in [1.82, 2.24) is 9.80 Å². The Balaban J connectivity index is 1.97. The lowest BCUT2D eigenvalue weighted by molar-refractivity contribution is -0.145. The molecular weight excluding hydrogens is 280 g/mol. The smallest absolute Gasteiger partial charge is 0.320 e. The second kappa shape index (κ2) is 6.30. The zero-order valence-corrected chi connectivity index (χ0v) is 12.2. The average molecular weight is 300 g/mol. The topological polar surface area (TPSA) is 96.4 Å². The molecule has 2 aliphatic heterocycles. The molecule has 0 aliphatic carbocycles. The van der Waals surface area contributed by atoms with E-state index in [1.165, 1.54) is 12.0 Å². The maximum atomic E-state index is 12.4. The summed E-state index contributed by atoms with van der Waals surface area (Å²) in [5.74, 6) is -2.30. The van der Waals surface area contributed by atoms with Crippen molar-refractivity contribution in [3.05, 3.63) is 0 Å². The molecule has 0 bridgehead atoms. The minimum Gasteiger partial charge on any atom is -0.481 e. The third kappa shape index (κ3) is 3.10. The molecule has 0 aromatic rings. The molecule has 2 rings (SSSR count). The van der Waals surface area contributed by atoms with Crippen molar-refractivity contribution in [3.8, 4) is 0 Å². The summed E-state index contributed by atoms with van der Waals surface area (Å²) in [6, 6.07) is -0.754. The van der Waals surface area contributed by atoms with Gasteiger partial charge in [-0.3, -0.25) is 9.59 Å². The molecule has 2 aliphatic rings. The highest BCUT2D eigenvalue weighted by atomic mass is 16.5. The zero-order valence-electron chi connectivity index (χ0n) is 12.2. The van der Waals surface area contributed by atoms with Gasteiger partial charge in [-0.1, -0.05) is 0 Å². The number of carbonyl (C=O) groups excluding carboxylic acids is 2. The van der Waals surface area contributed by atoms with E-state index in [1.807, 2.05) is 0 Å². The van der Waals surface area contributed by atoms with Crippen LogP contribution in [0.2, 0.25) is 0 Å². The Hall–Kier alpha value is -1.83. The summed E-state index contributed by atoms with van der Waals surface area (Å²) < 4.78 is 9.86. The standard InChI is InChI=1S/C13H20N2O6/c1-14(10-7-21-6-9(10)11(16)17)13(19)15-4-3-8(5-15)12(18)20-2/h8-10H,3-7H2,1-2H3,(H,16,17). The fraction of sp³-hybridized carbons (Fsp3) is 0.769. The Labute approximate surface area is 122 Å². The Morgan fingerprint density at radius 3 is 2.67 bits per heavy atom. The van der Waals surface area contributed by atoms with Gasteiger partial charge in [0.1, 0.15) is 5.92 Å². The minimum absolute atomic E-state index is 0.113. The van der Waals surface area contributed by atoms with Crippen LogP contribution in [0.15, 0.2) is 0 Å². The van der Waals surface area contributed by atoms with E-state index in [2.05, 4.69) is 4.74 Å².